The minimum absolute atomic E-state index is 0.375. The van der Waals surface area contributed by atoms with E-state index < -0.39 is 0 Å². The lowest BCUT2D eigenvalue weighted by atomic mass is 10.1. The van der Waals surface area contributed by atoms with Crippen LogP contribution in [-0.2, 0) is 0 Å². The van der Waals surface area contributed by atoms with Gasteiger partial charge in [0.05, 0.1) is 17.9 Å². The molecule has 5 nitrogen and oxygen atoms in total. The molecule has 0 bridgehead atoms. The van der Waals surface area contributed by atoms with Gasteiger partial charge in [-0.05, 0) is 18.2 Å². The van der Waals surface area contributed by atoms with Crippen LogP contribution >= 0.6 is 0 Å². The summed E-state index contributed by atoms with van der Waals surface area (Å²) < 4.78 is 13.9. The summed E-state index contributed by atoms with van der Waals surface area (Å²) in [6, 6.07) is 5.30. The predicted molar refractivity (Wildman–Crippen MR) is 79.0 cm³/mol. The van der Waals surface area contributed by atoms with Crippen LogP contribution in [0.25, 0.3) is 33.1 Å². The number of nitrogens with two attached hydrogens (primary N) is 1. The van der Waals surface area contributed by atoms with Crippen LogP contribution < -0.4 is 5.73 Å². The van der Waals surface area contributed by atoms with Crippen LogP contribution in [0.4, 0.5) is 10.2 Å². The number of fused-ring (bicyclic) bond motifs is 3. The van der Waals surface area contributed by atoms with E-state index in [-0.39, 0.29) is 5.82 Å². The summed E-state index contributed by atoms with van der Waals surface area (Å²) in [5, 5.41) is 1.80. The van der Waals surface area contributed by atoms with Gasteiger partial charge in [0.15, 0.2) is 0 Å². The Morgan fingerprint density at radius 1 is 1.05 bits per heavy atom. The van der Waals surface area contributed by atoms with E-state index in [1.807, 2.05) is 6.07 Å². The predicted octanol–water partition coefficient (Wildman–Crippen LogP) is 2.89. The van der Waals surface area contributed by atoms with Crippen LogP contribution in [0.3, 0.4) is 0 Å². The molecule has 4 aromatic rings. The maximum Gasteiger partial charge on any atom is 0.149 e. The molecule has 0 fully saturated rings. The molecule has 0 aliphatic heterocycles. The number of anilines is 1. The van der Waals surface area contributed by atoms with Gasteiger partial charge in [0.25, 0.3) is 0 Å². The number of hydrogen-bond acceptors (Lipinski definition) is 4. The Morgan fingerprint density at radius 3 is 2.81 bits per heavy atom. The largest absolute Gasteiger partial charge is 0.384 e. The Labute approximate surface area is 118 Å². The van der Waals surface area contributed by atoms with Gasteiger partial charge in [-0.15, -0.1) is 0 Å². The standard InChI is InChI=1S/C15H10FN5/c16-12-6-18-2-1-9(12)8-3-11-10-4-14(17)19-7-13(10)21-15(11)20-5-8/h1-7H,(H2,17,19)(H,20,21). The third-order valence-corrected chi connectivity index (χ3v) is 3.44. The van der Waals surface area contributed by atoms with E-state index in [1.165, 1.54) is 6.20 Å². The van der Waals surface area contributed by atoms with Gasteiger partial charge < -0.3 is 10.7 Å². The molecule has 3 N–H and O–H groups in total. The zero-order valence-electron chi connectivity index (χ0n) is 10.8. The Kier molecular flexibility index (Phi) is 2.38. The summed E-state index contributed by atoms with van der Waals surface area (Å²) in [4.78, 5) is 15.3. The number of nitrogens with zero attached hydrogens (tertiary/aromatic N) is 3. The number of rotatable bonds is 1. The average Bonchev–Trinajstić information content (AvgIpc) is 2.85. The van der Waals surface area contributed by atoms with Crippen LogP contribution in [0.15, 0.2) is 43.0 Å². The minimum atomic E-state index is -0.375. The molecule has 0 saturated carbocycles. The highest BCUT2D eigenvalue weighted by Gasteiger charge is 2.10. The van der Waals surface area contributed by atoms with E-state index in [4.69, 9.17) is 5.73 Å². The molecule has 4 heterocycles. The number of aromatic nitrogens is 4. The molecule has 4 aromatic heterocycles. The van der Waals surface area contributed by atoms with Crippen LogP contribution in [0.5, 0.6) is 0 Å². The first-order chi connectivity index (χ1) is 10.2. The molecule has 0 aliphatic rings. The van der Waals surface area contributed by atoms with Crippen molar-refractivity contribution in [2.45, 2.75) is 0 Å². The van der Waals surface area contributed by atoms with E-state index in [0.717, 1.165) is 21.9 Å². The molecule has 0 aliphatic carbocycles. The molecule has 0 unspecified atom stereocenters. The Hall–Kier alpha value is -3.02. The van der Waals surface area contributed by atoms with Crippen LogP contribution in [0, 0.1) is 5.82 Å². The Balaban J connectivity index is 2.03. The summed E-state index contributed by atoms with van der Waals surface area (Å²) >= 11 is 0. The number of aromatic amines is 1. The lowest BCUT2D eigenvalue weighted by Crippen LogP contribution is -1.88. The maximum absolute atomic E-state index is 13.9. The van der Waals surface area contributed by atoms with E-state index in [1.54, 1.807) is 30.7 Å². The fraction of sp³-hybridized carbons (Fsp3) is 0. The summed E-state index contributed by atoms with van der Waals surface area (Å²) in [5.74, 6) is 0.0589. The number of nitrogens with one attached hydrogen (secondary N) is 1. The average molecular weight is 279 g/mol. The van der Waals surface area contributed by atoms with Gasteiger partial charge in [0.1, 0.15) is 17.3 Å². The number of pyridine rings is 3. The molecule has 0 atom stereocenters. The first-order valence-corrected chi connectivity index (χ1v) is 6.35. The van der Waals surface area contributed by atoms with E-state index in [0.29, 0.717) is 16.9 Å². The van der Waals surface area contributed by atoms with Crippen molar-refractivity contribution in [3.05, 3.63) is 48.8 Å². The van der Waals surface area contributed by atoms with Gasteiger partial charge in [-0.1, -0.05) is 0 Å². The fourth-order valence-corrected chi connectivity index (χ4v) is 2.45. The number of nitrogen functional groups attached to an aromatic ring is 1. The maximum atomic E-state index is 13.9. The van der Waals surface area contributed by atoms with Crippen molar-refractivity contribution in [2.75, 3.05) is 5.73 Å². The second-order valence-electron chi connectivity index (χ2n) is 4.76. The van der Waals surface area contributed by atoms with Gasteiger partial charge in [-0.25, -0.2) is 14.4 Å². The van der Waals surface area contributed by atoms with Gasteiger partial charge in [-0.3, -0.25) is 4.98 Å². The molecule has 102 valence electrons. The third kappa shape index (κ3) is 1.80. The van der Waals surface area contributed by atoms with Gasteiger partial charge in [0.2, 0.25) is 0 Å². The molecule has 0 radical (unpaired) electrons. The first-order valence-electron chi connectivity index (χ1n) is 6.35. The van der Waals surface area contributed by atoms with Crippen molar-refractivity contribution in [2.24, 2.45) is 0 Å². The Bertz CT molecular complexity index is 976. The zero-order valence-corrected chi connectivity index (χ0v) is 10.8. The molecule has 0 aromatic carbocycles. The fourth-order valence-electron chi connectivity index (χ4n) is 2.45. The summed E-state index contributed by atoms with van der Waals surface area (Å²) in [7, 11) is 0. The highest BCUT2D eigenvalue weighted by Crippen LogP contribution is 2.29. The summed E-state index contributed by atoms with van der Waals surface area (Å²) in [6.07, 6.45) is 6.04. The smallest absolute Gasteiger partial charge is 0.149 e. The molecular weight excluding hydrogens is 269 g/mol. The molecule has 0 amide bonds. The van der Waals surface area contributed by atoms with Crippen molar-refractivity contribution in [3.8, 4) is 11.1 Å². The second-order valence-corrected chi connectivity index (χ2v) is 4.76. The highest BCUT2D eigenvalue weighted by atomic mass is 19.1. The zero-order chi connectivity index (χ0) is 14.4. The number of H-pyrrole nitrogens is 1. The van der Waals surface area contributed by atoms with Crippen molar-refractivity contribution in [1.29, 1.82) is 0 Å². The number of hydrogen-bond donors (Lipinski definition) is 2. The monoisotopic (exact) mass is 279 g/mol. The molecule has 4 rings (SSSR count). The van der Waals surface area contributed by atoms with Crippen LogP contribution in [0.2, 0.25) is 0 Å². The topological polar surface area (TPSA) is 80.5 Å². The third-order valence-electron chi connectivity index (χ3n) is 3.44. The van der Waals surface area contributed by atoms with E-state index in [9.17, 15) is 4.39 Å². The first kappa shape index (κ1) is 11.8. The Morgan fingerprint density at radius 2 is 1.95 bits per heavy atom. The van der Waals surface area contributed by atoms with Crippen LogP contribution in [0.1, 0.15) is 0 Å². The molecule has 21 heavy (non-hydrogen) atoms. The normalized spacial score (nSPS) is 11.3. The van der Waals surface area contributed by atoms with Crippen molar-refractivity contribution >= 4 is 27.8 Å². The molecule has 0 saturated heterocycles. The number of halogens is 1. The van der Waals surface area contributed by atoms with Crippen LogP contribution in [-0.4, -0.2) is 19.9 Å². The highest BCUT2D eigenvalue weighted by molar-refractivity contribution is 6.07. The summed E-state index contributed by atoms with van der Waals surface area (Å²) in [6.45, 7) is 0. The van der Waals surface area contributed by atoms with Crippen molar-refractivity contribution < 1.29 is 4.39 Å². The molecular formula is C15H10FN5. The second kappa shape index (κ2) is 4.24. The lowest BCUT2D eigenvalue weighted by Gasteiger charge is -2.02. The minimum Gasteiger partial charge on any atom is -0.384 e. The molecule has 6 heteroatoms. The van der Waals surface area contributed by atoms with E-state index >= 15 is 0 Å². The SMILES string of the molecule is Nc1cc2c(cn1)[nH]c1ncc(-c3ccncc3F)cc12. The lowest BCUT2D eigenvalue weighted by molar-refractivity contribution is 0.625. The van der Waals surface area contributed by atoms with Gasteiger partial charge >= 0.3 is 0 Å². The quantitative estimate of drug-likeness (QED) is 0.561. The molecule has 0 spiro atoms. The van der Waals surface area contributed by atoms with Gasteiger partial charge in [0, 0.05) is 34.3 Å². The van der Waals surface area contributed by atoms with Gasteiger partial charge in [-0.2, -0.15) is 0 Å². The van der Waals surface area contributed by atoms with Crippen molar-refractivity contribution in [3.63, 3.8) is 0 Å². The van der Waals surface area contributed by atoms with E-state index in [2.05, 4.69) is 19.9 Å². The van der Waals surface area contributed by atoms with Crippen molar-refractivity contribution in [1.82, 2.24) is 19.9 Å². The summed E-state index contributed by atoms with van der Waals surface area (Å²) in [5.41, 5.74) is 8.46.